The number of halogens is 3. The van der Waals surface area contributed by atoms with Gasteiger partial charge in [-0.2, -0.15) is 0 Å². The van der Waals surface area contributed by atoms with Gasteiger partial charge in [-0.15, -0.1) is 11.6 Å². The Morgan fingerprint density at radius 1 is 1.24 bits per heavy atom. The van der Waals surface area contributed by atoms with E-state index in [1.807, 2.05) is 0 Å². The quantitative estimate of drug-likeness (QED) is 0.362. The molecule has 0 unspecified atom stereocenters. The van der Waals surface area contributed by atoms with Gasteiger partial charge in [0.2, 0.25) is 0 Å². The average molecular weight is 476 g/mol. The maximum atomic E-state index is 5.96. The SMILES string of the molecule is Cc1cc(Br)ccc1-n1c(CCCl)nc2cc(I)ccc21. The molecule has 1 aromatic heterocycles. The number of rotatable bonds is 3. The Morgan fingerprint density at radius 3 is 2.76 bits per heavy atom. The normalized spacial score (nSPS) is 11.2. The lowest BCUT2D eigenvalue weighted by molar-refractivity contribution is 0.906. The van der Waals surface area contributed by atoms with Crippen molar-refractivity contribution in [1.82, 2.24) is 9.55 Å². The number of aromatic nitrogens is 2. The summed E-state index contributed by atoms with van der Waals surface area (Å²) in [6.07, 6.45) is 0.752. The zero-order valence-corrected chi connectivity index (χ0v) is 15.9. The van der Waals surface area contributed by atoms with E-state index in [2.05, 4.69) is 86.4 Å². The van der Waals surface area contributed by atoms with Crippen molar-refractivity contribution in [1.29, 1.82) is 0 Å². The highest BCUT2D eigenvalue weighted by Gasteiger charge is 2.14. The van der Waals surface area contributed by atoms with Crippen LogP contribution in [0.2, 0.25) is 0 Å². The van der Waals surface area contributed by atoms with Crippen LogP contribution in [0, 0.1) is 10.5 Å². The third kappa shape index (κ3) is 2.98. The predicted molar refractivity (Wildman–Crippen MR) is 101 cm³/mol. The lowest BCUT2D eigenvalue weighted by atomic mass is 10.2. The Hall–Kier alpha value is -0.590. The van der Waals surface area contributed by atoms with Crippen molar-refractivity contribution >= 4 is 61.2 Å². The number of hydrogen-bond donors (Lipinski definition) is 0. The molecule has 3 rings (SSSR count). The highest BCUT2D eigenvalue weighted by molar-refractivity contribution is 14.1. The van der Waals surface area contributed by atoms with Crippen LogP contribution >= 0.6 is 50.1 Å². The number of hydrogen-bond acceptors (Lipinski definition) is 1. The number of imidazole rings is 1. The van der Waals surface area contributed by atoms with Crippen LogP contribution in [-0.2, 0) is 6.42 Å². The monoisotopic (exact) mass is 474 g/mol. The van der Waals surface area contributed by atoms with E-state index in [1.165, 1.54) is 9.13 Å². The summed E-state index contributed by atoms with van der Waals surface area (Å²) in [5.74, 6) is 1.57. The minimum absolute atomic E-state index is 0.565. The van der Waals surface area contributed by atoms with Crippen LogP contribution in [0.5, 0.6) is 0 Å². The van der Waals surface area contributed by atoms with Crippen molar-refractivity contribution in [2.75, 3.05) is 5.88 Å². The minimum Gasteiger partial charge on any atom is -0.296 e. The van der Waals surface area contributed by atoms with E-state index in [-0.39, 0.29) is 0 Å². The molecule has 2 aromatic carbocycles. The first-order valence-corrected chi connectivity index (χ1v) is 9.00. The molecule has 0 N–H and O–H groups in total. The third-order valence-electron chi connectivity index (χ3n) is 3.40. The van der Waals surface area contributed by atoms with Crippen LogP contribution in [0.15, 0.2) is 40.9 Å². The fourth-order valence-electron chi connectivity index (χ4n) is 2.49. The molecule has 0 aliphatic carbocycles. The van der Waals surface area contributed by atoms with Gasteiger partial charge in [0.05, 0.1) is 16.7 Å². The molecule has 0 bridgehead atoms. The lowest BCUT2D eigenvalue weighted by Gasteiger charge is -2.12. The van der Waals surface area contributed by atoms with E-state index in [0.717, 1.165) is 33.4 Å². The molecule has 0 fully saturated rings. The predicted octanol–water partition coefficient (Wildman–Crippen LogP) is 5.48. The molecule has 1 heterocycles. The second-order valence-corrected chi connectivity index (χ2v) is 7.41. The standard InChI is InChI=1S/C16H13BrClIN2/c1-10-8-11(17)2-4-14(10)21-15-5-3-12(19)9-13(15)20-16(21)6-7-18/h2-5,8-9H,6-7H2,1H3. The van der Waals surface area contributed by atoms with Crippen molar-refractivity contribution in [3.05, 3.63) is 55.8 Å². The van der Waals surface area contributed by atoms with Gasteiger partial charge in [0.1, 0.15) is 5.82 Å². The fourth-order valence-corrected chi connectivity index (χ4v) is 3.61. The average Bonchev–Trinajstić information content (AvgIpc) is 2.76. The highest BCUT2D eigenvalue weighted by atomic mass is 127. The van der Waals surface area contributed by atoms with Crippen LogP contribution < -0.4 is 0 Å². The second kappa shape index (κ2) is 6.26. The van der Waals surface area contributed by atoms with E-state index in [1.54, 1.807) is 0 Å². The molecule has 0 radical (unpaired) electrons. The summed E-state index contributed by atoms with van der Waals surface area (Å²) in [7, 11) is 0. The van der Waals surface area contributed by atoms with Gasteiger partial charge in [-0.1, -0.05) is 15.9 Å². The summed E-state index contributed by atoms with van der Waals surface area (Å²) in [6.45, 7) is 2.11. The van der Waals surface area contributed by atoms with Crippen molar-refractivity contribution in [2.24, 2.45) is 0 Å². The summed E-state index contributed by atoms with van der Waals surface area (Å²) < 4.78 is 4.49. The maximum Gasteiger partial charge on any atom is 0.115 e. The summed E-state index contributed by atoms with van der Waals surface area (Å²) >= 11 is 11.8. The van der Waals surface area contributed by atoms with Gasteiger partial charge in [-0.05, 0) is 71.5 Å². The Balaban J connectivity index is 2.30. The van der Waals surface area contributed by atoms with Crippen molar-refractivity contribution in [3.8, 4) is 5.69 Å². The first-order chi connectivity index (χ1) is 10.1. The van der Waals surface area contributed by atoms with Crippen LogP contribution in [0.4, 0.5) is 0 Å². The maximum absolute atomic E-state index is 5.96. The number of fused-ring (bicyclic) bond motifs is 1. The van der Waals surface area contributed by atoms with Crippen LogP contribution in [0.3, 0.4) is 0 Å². The highest BCUT2D eigenvalue weighted by Crippen LogP contribution is 2.27. The van der Waals surface area contributed by atoms with Crippen LogP contribution in [0.1, 0.15) is 11.4 Å². The molecule has 0 amide bonds. The van der Waals surface area contributed by atoms with Gasteiger partial charge < -0.3 is 0 Å². The van der Waals surface area contributed by atoms with Gasteiger partial charge in [-0.25, -0.2) is 4.98 Å². The Labute approximate surface area is 150 Å². The molecule has 0 spiro atoms. The molecule has 108 valence electrons. The third-order valence-corrected chi connectivity index (χ3v) is 4.76. The van der Waals surface area contributed by atoms with Crippen molar-refractivity contribution in [3.63, 3.8) is 0 Å². The summed E-state index contributed by atoms with van der Waals surface area (Å²) in [6, 6.07) is 12.7. The summed E-state index contributed by atoms with van der Waals surface area (Å²) in [5, 5.41) is 0. The van der Waals surface area contributed by atoms with E-state index >= 15 is 0 Å². The molecular formula is C16H13BrClIN2. The van der Waals surface area contributed by atoms with E-state index < -0.39 is 0 Å². The largest absolute Gasteiger partial charge is 0.296 e. The van der Waals surface area contributed by atoms with Gasteiger partial charge in [0.25, 0.3) is 0 Å². The molecule has 0 saturated heterocycles. The molecule has 5 heteroatoms. The molecule has 0 aliphatic rings. The Bertz CT molecular complexity index is 813. The van der Waals surface area contributed by atoms with E-state index in [4.69, 9.17) is 16.6 Å². The number of aryl methyl sites for hydroxylation is 2. The van der Waals surface area contributed by atoms with Gasteiger partial charge in [0.15, 0.2) is 0 Å². The minimum atomic E-state index is 0.565. The van der Waals surface area contributed by atoms with Crippen LogP contribution in [-0.4, -0.2) is 15.4 Å². The second-order valence-electron chi connectivity index (χ2n) is 4.87. The van der Waals surface area contributed by atoms with E-state index in [0.29, 0.717) is 5.88 Å². The topological polar surface area (TPSA) is 17.8 Å². The number of alkyl halides is 1. The fraction of sp³-hybridized carbons (Fsp3) is 0.188. The first kappa shape index (κ1) is 15.3. The number of nitrogens with zero attached hydrogens (tertiary/aromatic N) is 2. The zero-order valence-electron chi connectivity index (χ0n) is 11.4. The Kier molecular flexibility index (Phi) is 4.57. The summed E-state index contributed by atoms with van der Waals surface area (Å²) in [5.41, 5.74) is 4.50. The summed E-state index contributed by atoms with van der Waals surface area (Å²) in [4.78, 5) is 4.77. The molecule has 0 atom stereocenters. The van der Waals surface area contributed by atoms with Crippen molar-refractivity contribution < 1.29 is 0 Å². The first-order valence-electron chi connectivity index (χ1n) is 6.59. The van der Waals surface area contributed by atoms with Crippen molar-refractivity contribution in [2.45, 2.75) is 13.3 Å². The molecule has 0 aliphatic heterocycles. The Morgan fingerprint density at radius 2 is 2.05 bits per heavy atom. The van der Waals surface area contributed by atoms with Gasteiger partial charge in [-0.3, -0.25) is 4.57 Å². The smallest absolute Gasteiger partial charge is 0.115 e. The zero-order chi connectivity index (χ0) is 15.0. The lowest BCUT2D eigenvalue weighted by Crippen LogP contribution is -2.04. The van der Waals surface area contributed by atoms with E-state index in [9.17, 15) is 0 Å². The molecule has 0 saturated carbocycles. The molecule has 21 heavy (non-hydrogen) atoms. The molecule has 3 aromatic rings. The number of benzene rings is 2. The molecule has 2 nitrogen and oxygen atoms in total. The molecular weight excluding hydrogens is 462 g/mol. The van der Waals surface area contributed by atoms with Crippen LogP contribution in [0.25, 0.3) is 16.7 Å². The van der Waals surface area contributed by atoms with Gasteiger partial charge >= 0.3 is 0 Å². The van der Waals surface area contributed by atoms with Gasteiger partial charge in [0, 0.05) is 20.3 Å².